The zero-order valence-corrected chi connectivity index (χ0v) is 20.1. The third-order valence-corrected chi connectivity index (χ3v) is 6.45. The van der Waals surface area contributed by atoms with Gasteiger partial charge in [0.25, 0.3) is 0 Å². The van der Waals surface area contributed by atoms with Gasteiger partial charge in [0.2, 0.25) is 5.88 Å². The Morgan fingerprint density at radius 3 is 2.77 bits per heavy atom. The predicted octanol–water partition coefficient (Wildman–Crippen LogP) is 5.24. The van der Waals surface area contributed by atoms with E-state index in [0.717, 1.165) is 30.1 Å². The van der Waals surface area contributed by atoms with Crippen molar-refractivity contribution >= 4 is 40.8 Å². The first-order valence-corrected chi connectivity index (χ1v) is 11.8. The summed E-state index contributed by atoms with van der Waals surface area (Å²) in [6.07, 6.45) is -1.53. The van der Waals surface area contributed by atoms with Crippen molar-refractivity contribution in [3.63, 3.8) is 0 Å². The molecule has 3 aromatic rings. The molecule has 5 N–H and O–H groups in total. The summed E-state index contributed by atoms with van der Waals surface area (Å²) in [5.74, 6) is -0.887. The molecule has 12 heteroatoms. The van der Waals surface area contributed by atoms with E-state index in [1.54, 1.807) is 18.2 Å². The summed E-state index contributed by atoms with van der Waals surface area (Å²) in [5, 5.41) is 11.3. The maximum Gasteiger partial charge on any atom is 0.228 e. The molecule has 2 unspecified atom stereocenters. The molecule has 35 heavy (non-hydrogen) atoms. The van der Waals surface area contributed by atoms with Crippen molar-refractivity contribution in [3.05, 3.63) is 58.6 Å². The second-order valence-electron chi connectivity index (χ2n) is 7.88. The standard InChI is InChI=1S/C23H22ClF3N6OS/c1-11(28)20-21(29)31-22(32-23(20)34-18-6-7-30-10-16(18)27)12-2-5-17(14(24)8-12)33-35-19-9-13(25)3-4-15(19)26/h2-5,8-9,16,18,28,30,33H,6-7,10H2,1H3,(H2,29,31,32). The fourth-order valence-electron chi connectivity index (χ4n) is 3.50. The van der Waals surface area contributed by atoms with Crippen molar-refractivity contribution in [2.45, 2.75) is 30.5 Å². The average molecular weight is 523 g/mol. The average Bonchev–Trinajstić information content (AvgIpc) is 2.81. The molecule has 0 aliphatic carbocycles. The molecule has 0 radical (unpaired) electrons. The van der Waals surface area contributed by atoms with Crippen molar-refractivity contribution in [2.75, 3.05) is 23.5 Å². The minimum Gasteiger partial charge on any atom is -0.471 e. The first kappa shape index (κ1) is 25.1. The second-order valence-corrected chi connectivity index (χ2v) is 9.13. The highest BCUT2D eigenvalue weighted by atomic mass is 35.5. The summed E-state index contributed by atoms with van der Waals surface area (Å²) in [6, 6.07) is 8.01. The molecule has 2 atom stereocenters. The van der Waals surface area contributed by atoms with Crippen LogP contribution in [0.25, 0.3) is 11.4 Å². The molecular formula is C23H22ClF3N6OS. The molecular weight excluding hydrogens is 501 g/mol. The summed E-state index contributed by atoms with van der Waals surface area (Å²) in [5.41, 5.74) is 7.36. The maximum atomic E-state index is 14.3. The second kappa shape index (κ2) is 10.7. The lowest BCUT2D eigenvalue weighted by Gasteiger charge is -2.27. The number of anilines is 2. The summed E-state index contributed by atoms with van der Waals surface area (Å²) in [7, 11) is 0. The van der Waals surface area contributed by atoms with Gasteiger partial charge in [0.15, 0.2) is 5.82 Å². The van der Waals surface area contributed by atoms with Crippen molar-refractivity contribution in [2.24, 2.45) is 0 Å². The Hall–Kier alpha value is -3.02. The minimum atomic E-state index is -1.23. The van der Waals surface area contributed by atoms with Crippen LogP contribution in [0.2, 0.25) is 5.02 Å². The molecule has 1 fully saturated rings. The molecule has 1 aromatic heterocycles. The topological polar surface area (TPSA) is 109 Å². The number of halogens is 4. The molecule has 7 nitrogen and oxygen atoms in total. The highest BCUT2D eigenvalue weighted by Crippen LogP contribution is 2.34. The van der Waals surface area contributed by atoms with Crippen molar-refractivity contribution in [1.29, 1.82) is 5.41 Å². The zero-order valence-electron chi connectivity index (χ0n) is 18.5. The lowest BCUT2D eigenvalue weighted by molar-refractivity contribution is 0.0692. The summed E-state index contributed by atoms with van der Waals surface area (Å²) >= 11 is 7.28. The Morgan fingerprint density at radius 2 is 2.06 bits per heavy atom. The van der Waals surface area contributed by atoms with E-state index in [0.29, 0.717) is 24.2 Å². The number of rotatable bonds is 7. The largest absolute Gasteiger partial charge is 0.471 e. The van der Waals surface area contributed by atoms with Gasteiger partial charge in [-0.2, -0.15) is 4.98 Å². The molecule has 2 heterocycles. The van der Waals surface area contributed by atoms with Gasteiger partial charge in [-0.25, -0.2) is 18.2 Å². The maximum absolute atomic E-state index is 14.3. The fourth-order valence-corrected chi connectivity index (χ4v) is 4.52. The van der Waals surface area contributed by atoms with Gasteiger partial charge in [-0.05, 0) is 68.2 Å². The van der Waals surface area contributed by atoms with Crippen LogP contribution in [0.15, 0.2) is 41.3 Å². The molecule has 0 amide bonds. The van der Waals surface area contributed by atoms with Crippen LogP contribution >= 0.6 is 23.5 Å². The molecule has 0 bridgehead atoms. The Morgan fingerprint density at radius 1 is 1.26 bits per heavy atom. The van der Waals surface area contributed by atoms with Crippen LogP contribution in [-0.2, 0) is 0 Å². The van der Waals surface area contributed by atoms with Crippen LogP contribution in [0.1, 0.15) is 18.9 Å². The minimum absolute atomic E-state index is 0.0253. The number of nitrogens with two attached hydrogens (primary N) is 1. The van der Waals surface area contributed by atoms with Crippen LogP contribution in [0.4, 0.5) is 24.7 Å². The van der Waals surface area contributed by atoms with E-state index < -0.39 is 23.9 Å². The van der Waals surface area contributed by atoms with Crippen LogP contribution in [-0.4, -0.2) is 41.0 Å². The zero-order chi connectivity index (χ0) is 25.1. The van der Waals surface area contributed by atoms with Gasteiger partial charge < -0.3 is 25.9 Å². The summed E-state index contributed by atoms with van der Waals surface area (Å²) < 4.78 is 50.4. The predicted molar refractivity (Wildman–Crippen MR) is 132 cm³/mol. The first-order chi connectivity index (χ1) is 16.7. The number of hydrogen-bond donors (Lipinski definition) is 4. The van der Waals surface area contributed by atoms with Crippen molar-refractivity contribution in [1.82, 2.24) is 15.3 Å². The molecule has 184 valence electrons. The van der Waals surface area contributed by atoms with Crippen LogP contribution in [0, 0.1) is 17.0 Å². The Kier molecular flexibility index (Phi) is 7.68. The number of piperidine rings is 1. The summed E-state index contributed by atoms with van der Waals surface area (Å²) in [6.45, 7) is 2.28. The highest BCUT2D eigenvalue weighted by Gasteiger charge is 2.29. The van der Waals surface area contributed by atoms with Gasteiger partial charge in [-0.15, -0.1) is 0 Å². The third kappa shape index (κ3) is 5.80. The number of ether oxygens (including phenoxy) is 1. The van der Waals surface area contributed by atoms with Gasteiger partial charge >= 0.3 is 0 Å². The molecule has 2 aromatic carbocycles. The van der Waals surface area contributed by atoms with Gasteiger partial charge in [0.1, 0.15) is 29.7 Å². The van der Waals surface area contributed by atoms with Crippen LogP contribution in [0.5, 0.6) is 5.88 Å². The number of nitrogen functional groups attached to an aromatic ring is 1. The molecule has 1 saturated heterocycles. The monoisotopic (exact) mass is 522 g/mol. The van der Waals surface area contributed by atoms with E-state index in [1.165, 1.54) is 6.92 Å². The van der Waals surface area contributed by atoms with Crippen LogP contribution < -0.4 is 20.5 Å². The molecule has 1 aliphatic heterocycles. The van der Waals surface area contributed by atoms with Crippen LogP contribution in [0.3, 0.4) is 0 Å². The summed E-state index contributed by atoms with van der Waals surface area (Å²) in [4.78, 5) is 8.78. The Labute approximate surface area is 209 Å². The number of nitrogens with zero attached hydrogens (tertiary/aromatic N) is 2. The molecule has 4 rings (SSSR count). The smallest absolute Gasteiger partial charge is 0.228 e. The fraction of sp³-hybridized carbons (Fsp3) is 0.261. The van der Waals surface area contributed by atoms with E-state index in [2.05, 4.69) is 20.0 Å². The Balaban J connectivity index is 1.60. The molecule has 0 spiro atoms. The lowest BCUT2D eigenvalue weighted by Crippen LogP contribution is -2.44. The first-order valence-electron chi connectivity index (χ1n) is 10.6. The highest BCUT2D eigenvalue weighted by molar-refractivity contribution is 8.00. The van der Waals surface area contributed by atoms with Gasteiger partial charge in [0.05, 0.1) is 21.2 Å². The van der Waals surface area contributed by atoms with E-state index >= 15 is 0 Å². The van der Waals surface area contributed by atoms with E-state index in [-0.39, 0.29) is 45.3 Å². The van der Waals surface area contributed by atoms with E-state index in [4.69, 9.17) is 27.5 Å². The normalized spacial score (nSPS) is 17.7. The van der Waals surface area contributed by atoms with Gasteiger partial charge in [0, 0.05) is 17.8 Å². The van der Waals surface area contributed by atoms with Crippen molar-refractivity contribution < 1.29 is 17.9 Å². The molecule has 1 aliphatic rings. The SMILES string of the molecule is CC(=N)c1c(N)nc(-c2ccc(NSc3cc(F)ccc3F)c(Cl)c2)nc1OC1CCNCC1F. The number of alkyl halides is 1. The van der Waals surface area contributed by atoms with Crippen molar-refractivity contribution in [3.8, 4) is 17.3 Å². The number of nitrogens with one attached hydrogen (secondary N) is 3. The van der Waals surface area contributed by atoms with E-state index in [1.807, 2.05) is 0 Å². The van der Waals surface area contributed by atoms with Gasteiger partial charge in [-0.3, -0.25) is 0 Å². The number of benzene rings is 2. The molecule has 0 saturated carbocycles. The lowest BCUT2D eigenvalue weighted by atomic mass is 10.1. The van der Waals surface area contributed by atoms with E-state index in [9.17, 15) is 13.2 Å². The Bertz CT molecular complexity index is 1260. The van der Waals surface area contributed by atoms with Gasteiger partial charge in [-0.1, -0.05) is 11.6 Å². The third-order valence-electron chi connectivity index (χ3n) is 5.28. The number of hydrogen-bond acceptors (Lipinski definition) is 8. The quantitative estimate of drug-likeness (QED) is 0.248. The number of aromatic nitrogens is 2.